The van der Waals surface area contributed by atoms with Crippen LogP contribution in [-0.4, -0.2) is 21.3 Å². The van der Waals surface area contributed by atoms with E-state index < -0.39 is 11.8 Å². The van der Waals surface area contributed by atoms with Crippen LogP contribution in [0.3, 0.4) is 0 Å². The number of benzene rings is 1. The van der Waals surface area contributed by atoms with Crippen molar-refractivity contribution in [2.75, 3.05) is 0 Å². The number of aromatic nitrogens is 2. The Hall–Kier alpha value is -2.21. The summed E-state index contributed by atoms with van der Waals surface area (Å²) in [5, 5.41) is 16.8. The van der Waals surface area contributed by atoms with E-state index >= 15 is 0 Å². The standard InChI is InChI=1S/C13H10ClFN2O3/c1-6-7(2)16-17-12(11(6)13(18)19)20-10-4-3-8(15)5-9(10)14/h3-5H,1-2H3,(H,18,19). The summed E-state index contributed by atoms with van der Waals surface area (Å²) in [6.07, 6.45) is 0. The Kier molecular flexibility index (Phi) is 3.85. The zero-order valence-corrected chi connectivity index (χ0v) is 11.4. The van der Waals surface area contributed by atoms with Crippen LogP contribution in [0.2, 0.25) is 5.02 Å². The molecular formula is C13H10ClFN2O3. The molecular weight excluding hydrogens is 287 g/mol. The van der Waals surface area contributed by atoms with Gasteiger partial charge in [-0.3, -0.25) is 0 Å². The molecule has 2 rings (SSSR count). The van der Waals surface area contributed by atoms with E-state index in [0.29, 0.717) is 11.3 Å². The van der Waals surface area contributed by atoms with Crippen molar-refractivity contribution in [3.63, 3.8) is 0 Å². The molecule has 0 aliphatic heterocycles. The molecule has 0 saturated carbocycles. The number of carbonyl (C=O) groups is 1. The molecule has 0 radical (unpaired) electrons. The summed E-state index contributed by atoms with van der Waals surface area (Å²) in [6.45, 7) is 3.25. The number of carboxylic acid groups (broad SMARTS) is 1. The van der Waals surface area contributed by atoms with Crippen LogP contribution in [0.4, 0.5) is 4.39 Å². The molecule has 0 aliphatic rings. The second kappa shape index (κ2) is 5.42. The topological polar surface area (TPSA) is 72.3 Å². The number of hydrogen-bond acceptors (Lipinski definition) is 4. The number of nitrogens with zero attached hydrogens (tertiary/aromatic N) is 2. The van der Waals surface area contributed by atoms with Crippen molar-refractivity contribution in [1.29, 1.82) is 0 Å². The summed E-state index contributed by atoms with van der Waals surface area (Å²) >= 11 is 5.82. The van der Waals surface area contributed by atoms with Gasteiger partial charge in [0, 0.05) is 0 Å². The first-order chi connectivity index (χ1) is 9.40. The van der Waals surface area contributed by atoms with E-state index in [1.54, 1.807) is 13.8 Å². The Morgan fingerprint density at radius 1 is 1.35 bits per heavy atom. The Morgan fingerprint density at radius 3 is 2.65 bits per heavy atom. The molecule has 1 heterocycles. The van der Waals surface area contributed by atoms with Crippen molar-refractivity contribution in [2.45, 2.75) is 13.8 Å². The second-order valence-electron chi connectivity index (χ2n) is 4.07. The van der Waals surface area contributed by atoms with Crippen LogP contribution < -0.4 is 4.74 Å². The first-order valence-corrected chi connectivity index (χ1v) is 5.98. The van der Waals surface area contributed by atoms with Gasteiger partial charge in [-0.05, 0) is 37.6 Å². The van der Waals surface area contributed by atoms with Gasteiger partial charge in [0.2, 0.25) is 0 Å². The molecule has 0 fully saturated rings. The lowest BCUT2D eigenvalue weighted by atomic mass is 10.1. The molecule has 0 amide bonds. The van der Waals surface area contributed by atoms with Crippen LogP contribution in [0.5, 0.6) is 11.6 Å². The minimum atomic E-state index is -1.19. The van der Waals surface area contributed by atoms with Crippen LogP contribution in [-0.2, 0) is 0 Å². The van der Waals surface area contributed by atoms with E-state index in [0.717, 1.165) is 12.1 Å². The highest BCUT2D eigenvalue weighted by Crippen LogP contribution is 2.31. The highest BCUT2D eigenvalue weighted by molar-refractivity contribution is 6.32. The second-order valence-corrected chi connectivity index (χ2v) is 4.48. The van der Waals surface area contributed by atoms with E-state index in [9.17, 15) is 14.3 Å². The summed E-state index contributed by atoms with van der Waals surface area (Å²) in [5.74, 6) is -1.79. The van der Waals surface area contributed by atoms with Crippen molar-refractivity contribution < 1.29 is 19.0 Å². The lowest BCUT2D eigenvalue weighted by Gasteiger charge is -2.11. The van der Waals surface area contributed by atoms with Crippen molar-refractivity contribution in [3.8, 4) is 11.6 Å². The van der Waals surface area contributed by atoms with Crippen LogP contribution >= 0.6 is 11.6 Å². The molecule has 1 aromatic heterocycles. The number of aromatic carboxylic acids is 1. The van der Waals surface area contributed by atoms with Gasteiger partial charge in [-0.1, -0.05) is 11.6 Å². The molecule has 0 saturated heterocycles. The Labute approximate surface area is 119 Å². The summed E-state index contributed by atoms with van der Waals surface area (Å²) in [4.78, 5) is 11.3. The lowest BCUT2D eigenvalue weighted by Crippen LogP contribution is -2.08. The van der Waals surface area contributed by atoms with E-state index in [1.807, 2.05) is 0 Å². The monoisotopic (exact) mass is 296 g/mol. The molecule has 0 aliphatic carbocycles. The minimum Gasteiger partial charge on any atom is -0.477 e. The van der Waals surface area contributed by atoms with Gasteiger partial charge < -0.3 is 9.84 Å². The van der Waals surface area contributed by atoms with Gasteiger partial charge >= 0.3 is 5.97 Å². The summed E-state index contributed by atoms with van der Waals surface area (Å²) in [7, 11) is 0. The van der Waals surface area contributed by atoms with Gasteiger partial charge in [0.1, 0.15) is 17.1 Å². The van der Waals surface area contributed by atoms with Crippen molar-refractivity contribution in [1.82, 2.24) is 10.2 Å². The van der Waals surface area contributed by atoms with Gasteiger partial charge in [-0.2, -0.15) is 5.10 Å². The summed E-state index contributed by atoms with van der Waals surface area (Å²) < 4.78 is 18.3. The van der Waals surface area contributed by atoms with E-state index in [-0.39, 0.29) is 22.2 Å². The number of hydrogen-bond donors (Lipinski definition) is 1. The number of rotatable bonds is 3. The Balaban J connectivity index is 2.48. The SMILES string of the molecule is Cc1nnc(Oc2ccc(F)cc2Cl)c(C(=O)O)c1C. The van der Waals surface area contributed by atoms with Gasteiger partial charge in [-0.15, -0.1) is 5.10 Å². The predicted molar refractivity (Wildman–Crippen MR) is 69.9 cm³/mol. The highest BCUT2D eigenvalue weighted by atomic mass is 35.5. The van der Waals surface area contributed by atoms with E-state index in [4.69, 9.17) is 16.3 Å². The average Bonchev–Trinajstić information content (AvgIpc) is 2.36. The molecule has 0 bridgehead atoms. The third-order valence-corrected chi connectivity index (χ3v) is 3.03. The Morgan fingerprint density at radius 2 is 2.05 bits per heavy atom. The quantitative estimate of drug-likeness (QED) is 0.940. The molecule has 104 valence electrons. The molecule has 0 atom stereocenters. The molecule has 0 unspecified atom stereocenters. The molecule has 0 spiro atoms. The van der Waals surface area contributed by atoms with E-state index in [2.05, 4.69) is 10.2 Å². The maximum atomic E-state index is 12.9. The molecule has 2 aromatic rings. The smallest absolute Gasteiger partial charge is 0.341 e. The van der Waals surface area contributed by atoms with Crippen molar-refractivity contribution in [2.24, 2.45) is 0 Å². The normalized spacial score (nSPS) is 10.4. The average molecular weight is 297 g/mol. The fourth-order valence-corrected chi connectivity index (χ4v) is 1.78. The molecule has 1 N–H and O–H groups in total. The first-order valence-electron chi connectivity index (χ1n) is 5.60. The van der Waals surface area contributed by atoms with Crippen LogP contribution in [0.25, 0.3) is 0 Å². The number of halogens is 2. The first kappa shape index (κ1) is 14.2. The van der Waals surface area contributed by atoms with Crippen molar-refractivity contribution in [3.05, 3.63) is 45.9 Å². The molecule has 20 heavy (non-hydrogen) atoms. The van der Waals surface area contributed by atoms with Crippen LogP contribution in [0, 0.1) is 19.7 Å². The van der Waals surface area contributed by atoms with Gasteiger partial charge in [0.15, 0.2) is 0 Å². The van der Waals surface area contributed by atoms with Crippen molar-refractivity contribution >= 4 is 17.6 Å². The van der Waals surface area contributed by atoms with Gasteiger partial charge in [0.25, 0.3) is 5.88 Å². The fraction of sp³-hybridized carbons (Fsp3) is 0.154. The highest BCUT2D eigenvalue weighted by Gasteiger charge is 2.20. The maximum absolute atomic E-state index is 12.9. The molecule has 1 aromatic carbocycles. The number of aryl methyl sites for hydroxylation is 1. The summed E-state index contributed by atoms with van der Waals surface area (Å²) in [6, 6.07) is 3.50. The number of ether oxygens (including phenoxy) is 1. The zero-order chi connectivity index (χ0) is 14.9. The third-order valence-electron chi connectivity index (χ3n) is 2.74. The summed E-state index contributed by atoms with van der Waals surface area (Å²) in [5.41, 5.74) is 0.832. The third kappa shape index (κ3) is 2.70. The lowest BCUT2D eigenvalue weighted by molar-refractivity contribution is 0.0692. The molecule has 7 heteroatoms. The largest absolute Gasteiger partial charge is 0.477 e. The maximum Gasteiger partial charge on any atom is 0.341 e. The van der Waals surface area contributed by atoms with Gasteiger partial charge in [-0.25, -0.2) is 9.18 Å². The van der Waals surface area contributed by atoms with Gasteiger partial charge in [0.05, 0.1) is 10.7 Å². The molecule has 5 nitrogen and oxygen atoms in total. The van der Waals surface area contributed by atoms with Crippen LogP contribution in [0.15, 0.2) is 18.2 Å². The fourth-order valence-electron chi connectivity index (χ4n) is 1.57. The predicted octanol–water partition coefficient (Wildman–Crippen LogP) is 3.38. The van der Waals surface area contributed by atoms with E-state index in [1.165, 1.54) is 6.07 Å². The number of carboxylic acids is 1. The zero-order valence-electron chi connectivity index (χ0n) is 10.6. The minimum absolute atomic E-state index is 0.0152. The van der Waals surface area contributed by atoms with Crippen LogP contribution in [0.1, 0.15) is 21.6 Å². The Bertz CT molecular complexity index is 692.